The summed E-state index contributed by atoms with van der Waals surface area (Å²) in [6.07, 6.45) is 3.44. The summed E-state index contributed by atoms with van der Waals surface area (Å²) in [5.74, 6) is 0.828. The molecule has 1 aliphatic rings. The Hall–Kier alpha value is -1.59. The number of rotatable bonds is 6. The molecule has 0 radical (unpaired) electrons. The molecule has 1 aromatic carbocycles. The van der Waals surface area contributed by atoms with E-state index in [9.17, 15) is 4.79 Å². The predicted molar refractivity (Wildman–Crippen MR) is 84.5 cm³/mol. The van der Waals surface area contributed by atoms with Crippen molar-refractivity contribution in [1.82, 2.24) is 4.90 Å². The maximum atomic E-state index is 12.1. The first kappa shape index (κ1) is 15.8. The van der Waals surface area contributed by atoms with Crippen LogP contribution in [0.2, 0.25) is 0 Å². The molecule has 0 saturated carbocycles. The van der Waals surface area contributed by atoms with E-state index in [-0.39, 0.29) is 5.91 Å². The second kappa shape index (κ2) is 8.00. The summed E-state index contributed by atoms with van der Waals surface area (Å²) in [6.45, 7) is 4.58. The average molecular weight is 291 g/mol. The molecule has 21 heavy (non-hydrogen) atoms. The zero-order valence-electron chi connectivity index (χ0n) is 12.7. The fraction of sp³-hybridized carbons (Fsp3) is 0.562. The summed E-state index contributed by atoms with van der Waals surface area (Å²) in [4.78, 5) is 14.3. The van der Waals surface area contributed by atoms with Crippen molar-refractivity contribution in [3.63, 3.8) is 0 Å². The van der Waals surface area contributed by atoms with Gasteiger partial charge in [-0.1, -0.05) is 6.42 Å². The molecule has 1 atom stereocenters. The number of nitrogens with one attached hydrogen (secondary N) is 1. The van der Waals surface area contributed by atoms with E-state index >= 15 is 0 Å². The van der Waals surface area contributed by atoms with Gasteiger partial charge in [0.2, 0.25) is 5.91 Å². The first-order valence-corrected chi connectivity index (χ1v) is 7.69. The van der Waals surface area contributed by atoms with Gasteiger partial charge in [-0.2, -0.15) is 0 Å². The van der Waals surface area contributed by atoms with Crippen molar-refractivity contribution in [2.45, 2.75) is 32.2 Å². The van der Waals surface area contributed by atoms with Crippen LogP contribution in [0.25, 0.3) is 0 Å². The number of nitrogens with zero attached hydrogens (tertiary/aromatic N) is 1. The lowest BCUT2D eigenvalue weighted by molar-refractivity contribution is -0.118. The maximum Gasteiger partial charge on any atom is 0.238 e. The Morgan fingerprint density at radius 2 is 2.14 bits per heavy atom. The largest absolute Gasteiger partial charge is 0.494 e. The molecular weight excluding hydrogens is 266 g/mol. The number of likely N-dealkylation sites (tertiary alicyclic amines) is 1. The van der Waals surface area contributed by atoms with Gasteiger partial charge in [0.05, 0.1) is 13.2 Å². The number of carbonyl (C=O) groups excluding carboxylic acids is 1. The number of hydrogen-bond acceptors (Lipinski definition) is 4. The Kier molecular flexibility index (Phi) is 6.02. The normalized spacial score (nSPS) is 19.2. The Morgan fingerprint density at radius 1 is 1.38 bits per heavy atom. The second-order valence-electron chi connectivity index (χ2n) is 5.36. The highest BCUT2D eigenvalue weighted by Crippen LogP contribution is 2.17. The zero-order valence-corrected chi connectivity index (χ0v) is 12.7. The minimum absolute atomic E-state index is 0.0134. The van der Waals surface area contributed by atoms with Gasteiger partial charge in [-0.15, -0.1) is 0 Å². The molecule has 3 N–H and O–H groups in total. The SMILES string of the molecule is CCOc1ccc(NC(=O)CN2CCCCC2CN)cc1. The number of ether oxygens (including phenoxy) is 1. The number of amides is 1. The van der Waals surface area contributed by atoms with Crippen molar-refractivity contribution < 1.29 is 9.53 Å². The topological polar surface area (TPSA) is 67.6 Å². The van der Waals surface area contributed by atoms with Crippen LogP contribution in [0.3, 0.4) is 0 Å². The predicted octanol–water partition coefficient (Wildman–Crippen LogP) is 1.84. The van der Waals surface area contributed by atoms with E-state index in [0.29, 0.717) is 25.7 Å². The third-order valence-electron chi connectivity index (χ3n) is 3.82. The molecule has 5 heteroatoms. The standard InChI is InChI=1S/C16H25N3O2/c1-2-21-15-8-6-13(7-9-15)18-16(20)12-19-10-4-3-5-14(19)11-17/h6-9,14H,2-5,10-12,17H2,1H3,(H,18,20). The van der Waals surface area contributed by atoms with Crippen LogP contribution in [0.1, 0.15) is 26.2 Å². The van der Waals surface area contributed by atoms with Gasteiger partial charge in [-0.3, -0.25) is 9.69 Å². The van der Waals surface area contributed by atoms with Crippen LogP contribution >= 0.6 is 0 Å². The van der Waals surface area contributed by atoms with Crippen molar-refractivity contribution in [1.29, 1.82) is 0 Å². The van der Waals surface area contributed by atoms with Gasteiger partial charge in [-0.05, 0) is 50.6 Å². The third kappa shape index (κ3) is 4.72. The summed E-state index contributed by atoms with van der Waals surface area (Å²) >= 11 is 0. The summed E-state index contributed by atoms with van der Waals surface area (Å²) in [6, 6.07) is 7.79. The van der Waals surface area contributed by atoms with Gasteiger partial charge in [0.1, 0.15) is 5.75 Å². The van der Waals surface area contributed by atoms with Crippen LogP contribution in [0, 0.1) is 0 Å². The van der Waals surface area contributed by atoms with E-state index in [1.165, 1.54) is 6.42 Å². The van der Waals surface area contributed by atoms with Crippen LogP contribution in [-0.4, -0.2) is 43.1 Å². The van der Waals surface area contributed by atoms with Crippen molar-refractivity contribution >= 4 is 11.6 Å². The lowest BCUT2D eigenvalue weighted by Gasteiger charge is -2.34. The summed E-state index contributed by atoms with van der Waals surface area (Å²) in [5.41, 5.74) is 6.58. The molecule has 0 aliphatic carbocycles. The first-order chi connectivity index (χ1) is 10.2. The van der Waals surface area contributed by atoms with Crippen molar-refractivity contribution in [3.05, 3.63) is 24.3 Å². The van der Waals surface area contributed by atoms with E-state index in [4.69, 9.17) is 10.5 Å². The van der Waals surface area contributed by atoms with E-state index in [0.717, 1.165) is 30.8 Å². The molecule has 1 fully saturated rings. The fourth-order valence-electron chi connectivity index (χ4n) is 2.72. The molecule has 5 nitrogen and oxygen atoms in total. The maximum absolute atomic E-state index is 12.1. The molecule has 0 bridgehead atoms. The highest BCUT2D eigenvalue weighted by molar-refractivity contribution is 5.92. The van der Waals surface area contributed by atoms with Crippen LogP contribution < -0.4 is 15.8 Å². The van der Waals surface area contributed by atoms with E-state index in [1.54, 1.807) is 0 Å². The van der Waals surface area contributed by atoms with E-state index in [1.807, 2.05) is 31.2 Å². The Labute approximate surface area is 126 Å². The van der Waals surface area contributed by atoms with Gasteiger partial charge in [0.15, 0.2) is 0 Å². The summed E-state index contributed by atoms with van der Waals surface area (Å²) in [5, 5.41) is 2.93. The highest BCUT2D eigenvalue weighted by atomic mass is 16.5. The minimum atomic E-state index is 0.0134. The molecule has 1 aromatic rings. The molecule has 0 aromatic heterocycles. The van der Waals surface area contributed by atoms with Crippen molar-refractivity contribution in [3.8, 4) is 5.75 Å². The molecule has 1 heterocycles. The van der Waals surface area contributed by atoms with Crippen molar-refractivity contribution in [2.24, 2.45) is 5.73 Å². The van der Waals surface area contributed by atoms with E-state index in [2.05, 4.69) is 10.2 Å². The van der Waals surface area contributed by atoms with E-state index < -0.39 is 0 Å². The minimum Gasteiger partial charge on any atom is -0.494 e. The van der Waals surface area contributed by atoms with Crippen molar-refractivity contribution in [2.75, 3.05) is 31.6 Å². The van der Waals surface area contributed by atoms with Gasteiger partial charge in [-0.25, -0.2) is 0 Å². The fourth-order valence-corrected chi connectivity index (χ4v) is 2.72. The van der Waals surface area contributed by atoms with Gasteiger partial charge < -0.3 is 15.8 Å². The Bertz CT molecular complexity index is 447. The van der Waals surface area contributed by atoms with Gasteiger partial charge in [0.25, 0.3) is 0 Å². The molecule has 1 unspecified atom stereocenters. The second-order valence-corrected chi connectivity index (χ2v) is 5.36. The smallest absolute Gasteiger partial charge is 0.238 e. The average Bonchev–Trinajstić information content (AvgIpc) is 2.50. The van der Waals surface area contributed by atoms with Gasteiger partial charge >= 0.3 is 0 Å². The number of benzene rings is 1. The van der Waals surface area contributed by atoms with Crippen LogP contribution in [0.15, 0.2) is 24.3 Å². The van der Waals surface area contributed by atoms with Crippen LogP contribution in [0.5, 0.6) is 5.75 Å². The quantitative estimate of drug-likeness (QED) is 0.839. The number of anilines is 1. The number of carbonyl (C=O) groups is 1. The molecule has 0 spiro atoms. The zero-order chi connectivity index (χ0) is 15.1. The molecule has 1 amide bonds. The van der Waals surface area contributed by atoms with Crippen LogP contribution in [0.4, 0.5) is 5.69 Å². The monoisotopic (exact) mass is 291 g/mol. The first-order valence-electron chi connectivity index (χ1n) is 7.69. The summed E-state index contributed by atoms with van der Waals surface area (Å²) < 4.78 is 5.38. The number of nitrogens with two attached hydrogens (primary N) is 1. The lowest BCUT2D eigenvalue weighted by Crippen LogP contribution is -2.47. The molecule has 116 valence electrons. The Morgan fingerprint density at radius 3 is 2.81 bits per heavy atom. The van der Waals surface area contributed by atoms with Gasteiger partial charge in [0, 0.05) is 18.3 Å². The number of piperidine rings is 1. The number of hydrogen-bond donors (Lipinski definition) is 2. The van der Waals surface area contributed by atoms with Crippen LogP contribution in [-0.2, 0) is 4.79 Å². The molecule has 2 rings (SSSR count). The molecular formula is C16H25N3O2. The highest BCUT2D eigenvalue weighted by Gasteiger charge is 2.22. The molecule has 1 aliphatic heterocycles. The third-order valence-corrected chi connectivity index (χ3v) is 3.82. The summed E-state index contributed by atoms with van der Waals surface area (Å²) in [7, 11) is 0. The Balaban J connectivity index is 1.85. The molecule has 1 saturated heterocycles. The lowest BCUT2D eigenvalue weighted by atomic mass is 10.0.